The number of carbonyl (C=O) groups is 3. The molecular formula is C18H19ClN2O6. The topological polar surface area (TPSA) is 115 Å². The molecule has 0 saturated carbocycles. The predicted octanol–water partition coefficient (Wildman–Crippen LogP) is 2.62. The molecule has 0 unspecified atom stereocenters. The van der Waals surface area contributed by atoms with Gasteiger partial charge in [0.1, 0.15) is 5.58 Å². The van der Waals surface area contributed by atoms with Crippen LogP contribution in [0.4, 0.5) is 4.79 Å². The Morgan fingerprint density at radius 1 is 1.19 bits per heavy atom. The number of urea groups is 1. The number of amides is 3. The number of benzene rings is 1. The Kier molecular flexibility index (Phi) is 5.90. The molecule has 144 valence electrons. The molecule has 1 aromatic heterocycles. The van der Waals surface area contributed by atoms with Crippen LogP contribution in [-0.4, -0.2) is 29.6 Å². The van der Waals surface area contributed by atoms with Crippen LogP contribution in [-0.2, 0) is 9.53 Å². The summed E-state index contributed by atoms with van der Waals surface area (Å²) in [6.07, 6.45) is -1.28. The second kappa shape index (κ2) is 7.79. The first-order valence-electron chi connectivity index (χ1n) is 8.03. The van der Waals surface area contributed by atoms with Crippen molar-refractivity contribution in [1.29, 1.82) is 0 Å². The molecule has 0 saturated heterocycles. The first-order chi connectivity index (χ1) is 12.5. The fourth-order valence-corrected chi connectivity index (χ4v) is 2.26. The molecule has 9 heteroatoms. The van der Waals surface area contributed by atoms with Crippen molar-refractivity contribution in [3.8, 4) is 0 Å². The molecule has 0 aliphatic rings. The molecular weight excluding hydrogens is 376 g/mol. The highest BCUT2D eigenvalue weighted by atomic mass is 35.5. The number of imide groups is 1. The van der Waals surface area contributed by atoms with Crippen LogP contribution in [0.1, 0.15) is 38.2 Å². The average Bonchev–Trinajstić information content (AvgIpc) is 2.53. The molecule has 0 radical (unpaired) electrons. The molecule has 27 heavy (non-hydrogen) atoms. The van der Waals surface area contributed by atoms with Crippen LogP contribution in [0.2, 0.25) is 5.02 Å². The van der Waals surface area contributed by atoms with Gasteiger partial charge in [0.25, 0.3) is 5.91 Å². The van der Waals surface area contributed by atoms with Gasteiger partial charge in [0.05, 0.1) is 5.39 Å². The van der Waals surface area contributed by atoms with E-state index in [1.54, 1.807) is 20.8 Å². The summed E-state index contributed by atoms with van der Waals surface area (Å²) in [5, 5.41) is 5.17. The first-order valence-corrected chi connectivity index (χ1v) is 8.41. The number of esters is 1. The smallest absolute Gasteiger partial charge is 0.375 e. The molecule has 1 aromatic carbocycles. The van der Waals surface area contributed by atoms with Crippen molar-refractivity contribution in [1.82, 2.24) is 10.6 Å². The molecule has 0 bridgehead atoms. The third kappa shape index (κ3) is 5.55. The molecule has 0 fully saturated rings. The summed E-state index contributed by atoms with van der Waals surface area (Å²) in [4.78, 5) is 47.9. The zero-order valence-electron chi connectivity index (χ0n) is 15.2. The zero-order chi connectivity index (χ0) is 20.4. The predicted molar refractivity (Wildman–Crippen MR) is 98.8 cm³/mol. The number of carbonyl (C=O) groups excluding carboxylic acids is 3. The monoisotopic (exact) mass is 394 g/mol. The third-order valence-electron chi connectivity index (χ3n) is 3.27. The number of fused-ring (bicyclic) bond motifs is 1. The van der Waals surface area contributed by atoms with E-state index in [0.29, 0.717) is 5.02 Å². The van der Waals surface area contributed by atoms with Crippen molar-refractivity contribution in [3.05, 3.63) is 45.3 Å². The lowest BCUT2D eigenvalue weighted by Crippen LogP contribution is -2.50. The summed E-state index contributed by atoms with van der Waals surface area (Å²) in [7, 11) is 0. The van der Waals surface area contributed by atoms with Crippen LogP contribution in [0, 0.1) is 0 Å². The molecule has 0 aliphatic carbocycles. The Hall–Kier alpha value is -2.87. The average molecular weight is 395 g/mol. The maximum absolute atomic E-state index is 12.2. The van der Waals surface area contributed by atoms with Crippen LogP contribution in [0.15, 0.2) is 33.5 Å². The van der Waals surface area contributed by atoms with E-state index in [4.69, 9.17) is 20.8 Å². The van der Waals surface area contributed by atoms with E-state index in [2.05, 4.69) is 10.6 Å². The van der Waals surface area contributed by atoms with Crippen molar-refractivity contribution in [2.45, 2.75) is 39.3 Å². The molecule has 2 rings (SSSR count). The van der Waals surface area contributed by atoms with Crippen molar-refractivity contribution >= 4 is 40.5 Å². The molecule has 1 atom stereocenters. The molecule has 3 amide bonds. The standard InChI is InChI=1S/C18H19ClN2O6/c1-9(15(23)20-17(25)21-18(2,3)4)26-16(24)14-8-12(22)11-7-10(19)5-6-13(11)27-14/h5-9H,1-4H3,(H2,20,21,23,25)/t9-/m1/s1. The van der Waals surface area contributed by atoms with Crippen LogP contribution >= 0.6 is 11.6 Å². The highest BCUT2D eigenvalue weighted by molar-refractivity contribution is 6.31. The normalized spacial score (nSPS) is 12.3. The molecule has 0 aliphatic heterocycles. The summed E-state index contributed by atoms with van der Waals surface area (Å²) in [5.41, 5.74) is -0.866. The van der Waals surface area contributed by atoms with E-state index in [0.717, 1.165) is 6.07 Å². The van der Waals surface area contributed by atoms with E-state index in [-0.39, 0.29) is 16.7 Å². The SMILES string of the molecule is C[C@@H](OC(=O)c1cc(=O)c2cc(Cl)ccc2o1)C(=O)NC(=O)NC(C)(C)C. The molecule has 0 spiro atoms. The summed E-state index contributed by atoms with van der Waals surface area (Å²) < 4.78 is 10.3. The zero-order valence-corrected chi connectivity index (χ0v) is 16.0. The van der Waals surface area contributed by atoms with Gasteiger partial charge in [0.15, 0.2) is 11.5 Å². The lowest BCUT2D eigenvalue weighted by Gasteiger charge is -2.21. The van der Waals surface area contributed by atoms with Gasteiger partial charge in [-0.15, -0.1) is 0 Å². The van der Waals surface area contributed by atoms with Gasteiger partial charge >= 0.3 is 12.0 Å². The van der Waals surface area contributed by atoms with Gasteiger partial charge in [-0.1, -0.05) is 11.6 Å². The van der Waals surface area contributed by atoms with Gasteiger partial charge in [-0.05, 0) is 45.9 Å². The summed E-state index contributed by atoms with van der Waals surface area (Å²) >= 11 is 5.83. The Morgan fingerprint density at radius 3 is 2.48 bits per heavy atom. The lowest BCUT2D eigenvalue weighted by molar-refractivity contribution is -0.128. The van der Waals surface area contributed by atoms with Gasteiger partial charge in [0.2, 0.25) is 5.76 Å². The fraction of sp³-hybridized carbons (Fsp3) is 0.333. The number of hydrogen-bond acceptors (Lipinski definition) is 6. The highest BCUT2D eigenvalue weighted by Crippen LogP contribution is 2.18. The number of rotatable bonds is 3. The van der Waals surface area contributed by atoms with E-state index in [1.165, 1.54) is 25.1 Å². The molecule has 8 nitrogen and oxygen atoms in total. The van der Waals surface area contributed by atoms with Gasteiger partial charge < -0.3 is 14.5 Å². The van der Waals surface area contributed by atoms with Gasteiger partial charge in [-0.3, -0.25) is 14.9 Å². The van der Waals surface area contributed by atoms with E-state index < -0.39 is 35.0 Å². The van der Waals surface area contributed by atoms with Gasteiger partial charge in [-0.2, -0.15) is 0 Å². The number of hydrogen-bond donors (Lipinski definition) is 2. The maximum atomic E-state index is 12.2. The second-order valence-corrected chi connectivity index (χ2v) is 7.29. The maximum Gasteiger partial charge on any atom is 0.375 e. The van der Waals surface area contributed by atoms with Crippen LogP contribution in [0.3, 0.4) is 0 Å². The summed E-state index contributed by atoms with van der Waals surface area (Å²) in [6, 6.07) is 4.61. The van der Waals surface area contributed by atoms with E-state index >= 15 is 0 Å². The van der Waals surface area contributed by atoms with Crippen LogP contribution < -0.4 is 16.1 Å². The van der Waals surface area contributed by atoms with Crippen molar-refractivity contribution < 1.29 is 23.5 Å². The minimum atomic E-state index is -1.28. The van der Waals surface area contributed by atoms with E-state index in [9.17, 15) is 19.2 Å². The Morgan fingerprint density at radius 2 is 1.85 bits per heavy atom. The largest absolute Gasteiger partial charge is 0.449 e. The Bertz CT molecular complexity index is 960. The van der Waals surface area contributed by atoms with Gasteiger partial charge in [-0.25, -0.2) is 9.59 Å². The van der Waals surface area contributed by atoms with Crippen LogP contribution in [0.5, 0.6) is 0 Å². The summed E-state index contributed by atoms with van der Waals surface area (Å²) in [6.45, 7) is 6.52. The van der Waals surface area contributed by atoms with Crippen molar-refractivity contribution in [2.75, 3.05) is 0 Å². The quantitative estimate of drug-likeness (QED) is 0.773. The third-order valence-corrected chi connectivity index (χ3v) is 3.50. The minimum absolute atomic E-state index is 0.153. The molecule has 2 aromatic rings. The Labute approximate surface area is 159 Å². The number of nitrogens with one attached hydrogen (secondary N) is 2. The number of halogens is 1. The summed E-state index contributed by atoms with van der Waals surface area (Å²) in [5.74, 6) is -2.20. The second-order valence-electron chi connectivity index (χ2n) is 6.86. The molecule has 2 N–H and O–H groups in total. The number of ether oxygens (including phenoxy) is 1. The fourth-order valence-electron chi connectivity index (χ4n) is 2.09. The molecule has 1 heterocycles. The minimum Gasteiger partial charge on any atom is -0.449 e. The highest BCUT2D eigenvalue weighted by Gasteiger charge is 2.24. The Balaban J connectivity index is 2.09. The van der Waals surface area contributed by atoms with E-state index in [1.807, 2.05) is 0 Å². The van der Waals surface area contributed by atoms with Gasteiger partial charge in [0, 0.05) is 16.6 Å². The van der Waals surface area contributed by atoms with Crippen molar-refractivity contribution in [2.24, 2.45) is 0 Å². The van der Waals surface area contributed by atoms with Crippen LogP contribution in [0.25, 0.3) is 11.0 Å². The lowest BCUT2D eigenvalue weighted by atomic mass is 10.1. The van der Waals surface area contributed by atoms with Crippen molar-refractivity contribution in [3.63, 3.8) is 0 Å². The first kappa shape index (κ1) is 20.4.